The minimum absolute atomic E-state index is 0.322. The van der Waals surface area contributed by atoms with Gasteiger partial charge in [-0.05, 0) is 37.5 Å². The van der Waals surface area contributed by atoms with Crippen molar-refractivity contribution < 1.29 is 14.6 Å². The summed E-state index contributed by atoms with van der Waals surface area (Å²) in [6, 6.07) is 5.30. The standard InChI is InChI=1S/C13H19NO3/c1-10-5-6-11(13(15)16)12(9-10)14-7-3-4-8-17-2/h5-6,9,14H,3-4,7-8H2,1-2H3,(H,15,16). The third kappa shape index (κ3) is 4.44. The molecule has 94 valence electrons. The number of nitrogens with one attached hydrogen (secondary N) is 1. The fraction of sp³-hybridized carbons (Fsp3) is 0.462. The second kappa shape index (κ2) is 6.91. The molecule has 1 rings (SSSR count). The molecule has 0 atom stereocenters. The number of benzene rings is 1. The first-order valence-corrected chi connectivity index (χ1v) is 5.72. The Morgan fingerprint density at radius 1 is 1.41 bits per heavy atom. The molecule has 0 aromatic heterocycles. The number of hydrogen-bond acceptors (Lipinski definition) is 3. The smallest absolute Gasteiger partial charge is 0.337 e. The zero-order valence-corrected chi connectivity index (χ0v) is 10.3. The predicted octanol–water partition coefficient (Wildman–Crippen LogP) is 2.53. The van der Waals surface area contributed by atoms with Gasteiger partial charge in [-0.15, -0.1) is 0 Å². The van der Waals surface area contributed by atoms with E-state index in [0.717, 1.165) is 31.6 Å². The fourth-order valence-corrected chi connectivity index (χ4v) is 1.59. The molecule has 0 fully saturated rings. The van der Waals surface area contributed by atoms with Crippen LogP contribution in [0.2, 0.25) is 0 Å². The first-order chi connectivity index (χ1) is 8.15. The average molecular weight is 237 g/mol. The summed E-state index contributed by atoms with van der Waals surface area (Å²) >= 11 is 0. The van der Waals surface area contributed by atoms with Gasteiger partial charge in [0.05, 0.1) is 5.56 Å². The molecule has 0 aliphatic rings. The molecule has 4 nitrogen and oxygen atoms in total. The van der Waals surface area contributed by atoms with Crippen LogP contribution in [-0.2, 0) is 4.74 Å². The van der Waals surface area contributed by atoms with Crippen molar-refractivity contribution >= 4 is 11.7 Å². The number of carboxylic acid groups (broad SMARTS) is 1. The SMILES string of the molecule is COCCCCNc1cc(C)ccc1C(=O)O. The van der Waals surface area contributed by atoms with Crippen molar-refractivity contribution in [3.63, 3.8) is 0 Å². The van der Waals surface area contributed by atoms with Gasteiger partial charge in [-0.1, -0.05) is 6.07 Å². The quantitative estimate of drug-likeness (QED) is 0.715. The van der Waals surface area contributed by atoms with E-state index in [4.69, 9.17) is 9.84 Å². The van der Waals surface area contributed by atoms with Crippen LogP contribution in [0.3, 0.4) is 0 Å². The highest BCUT2D eigenvalue weighted by Crippen LogP contribution is 2.17. The molecule has 0 saturated heterocycles. The van der Waals surface area contributed by atoms with Gasteiger partial charge in [0, 0.05) is 25.9 Å². The molecule has 1 aromatic carbocycles. The molecule has 0 unspecified atom stereocenters. The van der Waals surface area contributed by atoms with E-state index < -0.39 is 5.97 Å². The van der Waals surface area contributed by atoms with Gasteiger partial charge >= 0.3 is 5.97 Å². The van der Waals surface area contributed by atoms with Crippen LogP contribution >= 0.6 is 0 Å². The van der Waals surface area contributed by atoms with E-state index in [1.54, 1.807) is 19.2 Å². The van der Waals surface area contributed by atoms with E-state index in [1.807, 2.05) is 13.0 Å². The van der Waals surface area contributed by atoms with Gasteiger partial charge in [-0.25, -0.2) is 4.79 Å². The zero-order valence-electron chi connectivity index (χ0n) is 10.3. The second-order valence-electron chi connectivity index (χ2n) is 3.98. The molecular weight excluding hydrogens is 218 g/mol. The lowest BCUT2D eigenvalue weighted by atomic mass is 10.1. The van der Waals surface area contributed by atoms with Crippen LogP contribution in [-0.4, -0.2) is 31.3 Å². The maximum atomic E-state index is 11.0. The van der Waals surface area contributed by atoms with Gasteiger partial charge in [0.1, 0.15) is 0 Å². The molecular formula is C13H19NO3. The Bertz CT molecular complexity index is 377. The van der Waals surface area contributed by atoms with Crippen molar-refractivity contribution in [3.05, 3.63) is 29.3 Å². The highest BCUT2D eigenvalue weighted by atomic mass is 16.5. The van der Waals surface area contributed by atoms with E-state index in [9.17, 15) is 4.79 Å². The van der Waals surface area contributed by atoms with E-state index in [2.05, 4.69) is 5.32 Å². The highest BCUT2D eigenvalue weighted by Gasteiger charge is 2.08. The Labute approximate surface area is 102 Å². The van der Waals surface area contributed by atoms with Gasteiger partial charge < -0.3 is 15.2 Å². The number of unbranched alkanes of at least 4 members (excludes halogenated alkanes) is 1. The number of carboxylic acids is 1. The number of hydrogen-bond donors (Lipinski definition) is 2. The average Bonchev–Trinajstić information content (AvgIpc) is 2.28. The van der Waals surface area contributed by atoms with Crippen LogP contribution in [0.5, 0.6) is 0 Å². The lowest BCUT2D eigenvalue weighted by Crippen LogP contribution is -2.08. The number of methoxy groups -OCH3 is 1. The van der Waals surface area contributed by atoms with Crippen LogP contribution in [0.25, 0.3) is 0 Å². The highest BCUT2D eigenvalue weighted by molar-refractivity contribution is 5.94. The Kier molecular flexibility index (Phi) is 5.49. The van der Waals surface area contributed by atoms with Crippen LogP contribution < -0.4 is 5.32 Å². The molecule has 17 heavy (non-hydrogen) atoms. The van der Waals surface area contributed by atoms with E-state index in [1.165, 1.54) is 0 Å². The number of ether oxygens (including phenoxy) is 1. The number of rotatable bonds is 7. The van der Waals surface area contributed by atoms with Crippen molar-refractivity contribution in [1.82, 2.24) is 0 Å². The maximum absolute atomic E-state index is 11.0. The summed E-state index contributed by atoms with van der Waals surface area (Å²) in [6.07, 6.45) is 1.93. The number of carbonyl (C=O) groups is 1. The van der Waals surface area contributed by atoms with Crippen molar-refractivity contribution in [2.45, 2.75) is 19.8 Å². The number of aromatic carboxylic acids is 1. The molecule has 0 radical (unpaired) electrons. The first kappa shape index (κ1) is 13.5. The Hall–Kier alpha value is -1.55. The van der Waals surface area contributed by atoms with Crippen LogP contribution in [0.15, 0.2) is 18.2 Å². The summed E-state index contributed by atoms with van der Waals surface area (Å²) < 4.78 is 4.95. The fourth-order valence-electron chi connectivity index (χ4n) is 1.59. The van der Waals surface area contributed by atoms with E-state index in [0.29, 0.717) is 11.3 Å². The van der Waals surface area contributed by atoms with E-state index in [-0.39, 0.29) is 0 Å². The summed E-state index contributed by atoms with van der Waals surface area (Å²) in [5, 5.41) is 12.2. The third-order valence-electron chi connectivity index (χ3n) is 2.50. The topological polar surface area (TPSA) is 58.6 Å². The number of anilines is 1. The van der Waals surface area contributed by atoms with Gasteiger partial charge in [-0.3, -0.25) is 0 Å². The van der Waals surface area contributed by atoms with Crippen LogP contribution in [0, 0.1) is 6.92 Å². The first-order valence-electron chi connectivity index (χ1n) is 5.72. The summed E-state index contributed by atoms with van der Waals surface area (Å²) in [7, 11) is 1.68. The summed E-state index contributed by atoms with van der Waals surface area (Å²) in [6.45, 7) is 3.44. The van der Waals surface area contributed by atoms with Crippen molar-refractivity contribution in [2.75, 3.05) is 25.6 Å². The lowest BCUT2D eigenvalue weighted by Gasteiger charge is -2.10. The second-order valence-corrected chi connectivity index (χ2v) is 3.98. The van der Waals surface area contributed by atoms with E-state index >= 15 is 0 Å². The van der Waals surface area contributed by atoms with Gasteiger partial charge in [0.15, 0.2) is 0 Å². The lowest BCUT2D eigenvalue weighted by molar-refractivity contribution is 0.0698. The number of aryl methyl sites for hydroxylation is 1. The molecule has 0 aliphatic heterocycles. The molecule has 4 heteroatoms. The minimum Gasteiger partial charge on any atom is -0.478 e. The molecule has 0 heterocycles. The Morgan fingerprint density at radius 2 is 2.18 bits per heavy atom. The summed E-state index contributed by atoms with van der Waals surface area (Å²) in [4.78, 5) is 11.0. The molecule has 0 spiro atoms. The van der Waals surface area contributed by atoms with Crippen LogP contribution in [0.4, 0.5) is 5.69 Å². The monoisotopic (exact) mass is 237 g/mol. The summed E-state index contributed by atoms with van der Waals surface area (Å²) in [5.74, 6) is -0.899. The van der Waals surface area contributed by atoms with Crippen molar-refractivity contribution in [3.8, 4) is 0 Å². The predicted molar refractivity (Wildman–Crippen MR) is 67.7 cm³/mol. The minimum atomic E-state index is -0.899. The normalized spacial score (nSPS) is 10.2. The summed E-state index contributed by atoms with van der Waals surface area (Å²) in [5.41, 5.74) is 2.06. The Morgan fingerprint density at radius 3 is 2.82 bits per heavy atom. The molecule has 0 saturated carbocycles. The Balaban J connectivity index is 2.56. The molecule has 0 aliphatic carbocycles. The van der Waals surface area contributed by atoms with Gasteiger partial charge in [0.25, 0.3) is 0 Å². The zero-order chi connectivity index (χ0) is 12.7. The van der Waals surface area contributed by atoms with Gasteiger partial charge in [0.2, 0.25) is 0 Å². The maximum Gasteiger partial charge on any atom is 0.337 e. The molecule has 0 amide bonds. The third-order valence-corrected chi connectivity index (χ3v) is 2.50. The molecule has 0 bridgehead atoms. The molecule has 2 N–H and O–H groups in total. The van der Waals surface area contributed by atoms with Crippen molar-refractivity contribution in [2.24, 2.45) is 0 Å². The van der Waals surface area contributed by atoms with Gasteiger partial charge in [-0.2, -0.15) is 0 Å². The largest absolute Gasteiger partial charge is 0.478 e. The van der Waals surface area contributed by atoms with Crippen molar-refractivity contribution in [1.29, 1.82) is 0 Å². The van der Waals surface area contributed by atoms with Crippen LogP contribution in [0.1, 0.15) is 28.8 Å². The molecule has 1 aromatic rings.